The molecule has 2 heteroatoms. The maximum atomic E-state index is 6.62. The Balaban J connectivity index is 1.97. The van der Waals surface area contributed by atoms with Gasteiger partial charge < -0.3 is 5.73 Å². The van der Waals surface area contributed by atoms with E-state index in [9.17, 15) is 0 Å². The smallest absolute Gasteiger partial charge is 0.0504 e. The van der Waals surface area contributed by atoms with Gasteiger partial charge in [0.05, 0.1) is 5.54 Å². The molecule has 0 bridgehead atoms. The zero-order valence-electron chi connectivity index (χ0n) is 10.3. The van der Waals surface area contributed by atoms with Gasteiger partial charge in [-0.1, -0.05) is 25.1 Å². The summed E-state index contributed by atoms with van der Waals surface area (Å²) in [6.07, 6.45) is 4.82. The van der Waals surface area contributed by atoms with Gasteiger partial charge in [-0.2, -0.15) is 0 Å². The molecule has 0 aliphatic heterocycles. The molecule has 0 atom stereocenters. The molecule has 1 heterocycles. The standard InChI is InChI=1S/C15H19NS/c1-11-6-8-15(16,9-7-11)14-10-12-4-2-3-5-13(12)17-14/h2-5,10-11H,6-9,16H2,1H3. The second-order valence-corrected chi connectivity index (χ2v) is 6.57. The third-order valence-corrected chi connectivity index (χ3v) is 5.42. The van der Waals surface area contributed by atoms with Crippen molar-refractivity contribution in [2.75, 3.05) is 0 Å². The SMILES string of the molecule is CC1CCC(N)(c2cc3ccccc3s2)CC1. The van der Waals surface area contributed by atoms with Crippen molar-refractivity contribution in [3.8, 4) is 0 Å². The number of hydrogen-bond acceptors (Lipinski definition) is 2. The van der Waals surface area contributed by atoms with Gasteiger partial charge in [0, 0.05) is 9.58 Å². The number of fused-ring (bicyclic) bond motifs is 1. The van der Waals surface area contributed by atoms with E-state index in [1.807, 2.05) is 11.3 Å². The third kappa shape index (κ3) is 2.00. The minimum Gasteiger partial charge on any atom is -0.321 e. The molecule has 0 unspecified atom stereocenters. The minimum absolute atomic E-state index is 0.0593. The lowest BCUT2D eigenvalue weighted by atomic mass is 9.77. The molecule has 2 aromatic rings. The Hall–Kier alpha value is -0.860. The molecule has 0 radical (unpaired) electrons. The van der Waals surface area contributed by atoms with Gasteiger partial charge in [-0.15, -0.1) is 11.3 Å². The maximum Gasteiger partial charge on any atom is 0.0504 e. The number of nitrogens with two attached hydrogens (primary N) is 1. The molecular weight excluding hydrogens is 226 g/mol. The first-order valence-electron chi connectivity index (χ1n) is 6.45. The molecule has 0 spiro atoms. The van der Waals surface area contributed by atoms with Crippen molar-refractivity contribution in [3.63, 3.8) is 0 Å². The van der Waals surface area contributed by atoms with Crippen molar-refractivity contribution in [3.05, 3.63) is 35.2 Å². The Morgan fingerprint density at radius 1 is 1.24 bits per heavy atom. The number of hydrogen-bond donors (Lipinski definition) is 1. The van der Waals surface area contributed by atoms with Gasteiger partial charge in [-0.3, -0.25) is 0 Å². The molecule has 1 aromatic heterocycles. The van der Waals surface area contributed by atoms with Gasteiger partial charge >= 0.3 is 0 Å². The topological polar surface area (TPSA) is 26.0 Å². The Morgan fingerprint density at radius 3 is 2.65 bits per heavy atom. The molecule has 1 fully saturated rings. The van der Waals surface area contributed by atoms with Crippen LogP contribution >= 0.6 is 11.3 Å². The summed E-state index contributed by atoms with van der Waals surface area (Å²) >= 11 is 1.88. The van der Waals surface area contributed by atoms with Crippen LogP contribution in [-0.2, 0) is 5.54 Å². The van der Waals surface area contributed by atoms with Crippen molar-refractivity contribution < 1.29 is 0 Å². The highest BCUT2D eigenvalue weighted by Crippen LogP contribution is 2.41. The molecule has 17 heavy (non-hydrogen) atoms. The van der Waals surface area contributed by atoms with Crippen molar-refractivity contribution in [1.29, 1.82) is 0 Å². The van der Waals surface area contributed by atoms with Crippen LogP contribution in [0.2, 0.25) is 0 Å². The molecule has 1 aromatic carbocycles. The lowest BCUT2D eigenvalue weighted by Crippen LogP contribution is -2.39. The first-order valence-corrected chi connectivity index (χ1v) is 7.27. The Kier molecular flexibility index (Phi) is 2.72. The van der Waals surface area contributed by atoms with E-state index in [1.165, 1.54) is 27.8 Å². The lowest BCUT2D eigenvalue weighted by Gasteiger charge is -2.35. The Labute approximate surface area is 107 Å². The summed E-state index contributed by atoms with van der Waals surface area (Å²) in [5, 5.41) is 1.34. The van der Waals surface area contributed by atoms with E-state index in [0.29, 0.717) is 0 Å². The van der Waals surface area contributed by atoms with Crippen LogP contribution in [0.4, 0.5) is 0 Å². The highest BCUT2D eigenvalue weighted by Gasteiger charge is 2.33. The predicted molar refractivity (Wildman–Crippen MR) is 75.3 cm³/mol. The Bertz CT molecular complexity index is 487. The van der Waals surface area contributed by atoms with Crippen molar-refractivity contribution in [1.82, 2.24) is 0 Å². The molecule has 0 saturated heterocycles. The number of thiophene rings is 1. The molecular formula is C15H19NS. The summed E-state index contributed by atoms with van der Waals surface area (Å²) in [5.74, 6) is 0.848. The predicted octanol–water partition coefficient (Wildman–Crippen LogP) is 4.27. The lowest BCUT2D eigenvalue weighted by molar-refractivity contribution is 0.252. The normalized spacial score (nSPS) is 29.6. The van der Waals surface area contributed by atoms with Crippen molar-refractivity contribution in [2.45, 2.75) is 38.1 Å². The van der Waals surface area contributed by atoms with E-state index >= 15 is 0 Å². The number of benzene rings is 1. The molecule has 1 saturated carbocycles. The maximum absolute atomic E-state index is 6.62. The molecule has 2 N–H and O–H groups in total. The van der Waals surface area contributed by atoms with Gasteiger partial charge in [0.2, 0.25) is 0 Å². The van der Waals surface area contributed by atoms with Crippen LogP contribution < -0.4 is 5.73 Å². The van der Waals surface area contributed by atoms with E-state index in [1.54, 1.807) is 0 Å². The van der Waals surface area contributed by atoms with E-state index in [-0.39, 0.29) is 5.54 Å². The van der Waals surface area contributed by atoms with Crippen LogP contribution in [-0.4, -0.2) is 0 Å². The summed E-state index contributed by atoms with van der Waals surface area (Å²) < 4.78 is 1.37. The monoisotopic (exact) mass is 245 g/mol. The van der Waals surface area contributed by atoms with Gasteiger partial charge in [0.15, 0.2) is 0 Å². The fourth-order valence-electron chi connectivity index (χ4n) is 2.75. The van der Waals surface area contributed by atoms with E-state index in [4.69, 9.17) is 5.73 Å². The van der Waals surface area contributed by atoms with Gasteiger partial charge in [-0.05, 0) is 49.1 Å². The molecule has 90 valence electrons. The largest absolute Gasteiger partial charge is 0.321 e. The minimum atomic E-state index is -0.0593. The fraction of sp³-hybridized carbons (Fsp3) is 0.467. The zero-order chi connectivity index (χ0) is 11.9. The first kappa shape index (κ1) is 11.2. The second-order valence-electron chi connectivity index (χ2n) is 5.49. The highest BCUT2D eigenvalue weighted by molar-refractivity contribution is 7.19. The highest BCUT2D eigenvalue weighted by atomic mass is 32.1. The van der Waals surface area contributed by atoms with E-state index < -0.39 is 0 Å². The average molecular weight is 245 g/mol. The fourth-order valence-corrected chi connectivity index (χ4v) is 3.97. The average Bonchev–Trinajstić information content (AvgIpc) is 2.77. The second kappa shape index (κ2) is 4.11. The Morgan fingerprint density at radius 2 is 1.94 bits per heavy atom. The summed E-state index contributed by atoms with van der Waals surface area (Å²) in [7, 11) is 0. The zero-order valence-corrected chi connectivity index (χ0v) is 11.1. The summed E-state index contributed by atoms with van der Waals surface area (Å²) in [5.41, 5.74) is 6.56. The third-order valence-electron chi connectivity index (χ3n) is 4.08. The van der Waals surface area contributed by atoms with E-state index in [0.717, 1.165) is 18.8 Å². The van der Waals surface area contributed by atoms with Crippen LogP contribution in [0.1, 0.15) is 37.5 Å². The molecule has 1 nitrogen and oxygen atoms in total. The van der Waals surface area contributed by atoms with E-state index in [2.05, 4.69) is 37.3 Å². The number of rotatable bonds is 1. The molecule has 0 amide bonds. The first-order chi connectivity index (χ1) is 8.17. The van der Waals surface area contributed by atoms with Crippen molar-refractivity contribution >= 4 is 21.4 Å². The summed E-state index contributed by atoms with van der Waals surface area (Å²) in [4.78, 5) is 1.38. The molecule has 3 rings (SSSR count). The van der Waals surface area contributed by atoms with Crippen molar-refractivity contribution in [2.24, 2.45) is 11.7 Å². The van der Waals surface area contributed by atoms with Gasteiger partial charge in [0.25, 0.3) is 0 Å². The summed E-state index contributed by atoms with van der Waals surface area (Å²) in [6, 6.07) is 10.9. The summed E-state index contributed by atoms with van der Waals surface area (Å²) in [6.45, 7) is 2.34. The van der Waals surface area contributed by atoms with Crippen LogP contribution in [0.25, 0.3) is 10.1 Å². The van der Waals surface area contributed by atoms with Gasteiger partial charge in [-0.25, -0.2) is 0 Å². The quantitative estimate of drug-likeness (QED) is 0.798. The van der Waals surface area contributed by atoms with Crippen LogP contribution in [0.3, 0.4) is 0 Å². The van der Waals surface area contributed by atoms with Crippen LogP contribution in [0.15, 0.2) is 30.3 Å². The van der Waals surface area contributed by atoms with Gasteiger partial charge in [0.1, 0.15) is 0 Å². The van der Waals surface area contributed by atoms with Crippen LogP contribution in [0.5, 0.6) is 0 Å². The molecule has 1 aliphatic rings. The molecule has 1 aliphatic carbocycles. The van der Waals surface area contributed by atoms with Crippen LogP contribution in [0, 0.1) is 5.92 Å².